The Hall–Kier alpha value is -2.33. The highest BCUT2D eigenvalue weighted by Gasteiger charge is 2.09. The molecule has 1 heterocycles. The van der Waals surface area contributed by atoms with E-state index < -0.39 is 5.82 Å². The number of benzene rings is 1. The van der Waals surface area contributed by atoms with Crippen LogP contribution in [0.25, 0.3) is 0 Å². The molecule has 0 aliphatic carbocycles. The molecule has 0 spiro atoms. The molecule has 5 nitrogen and oxygen atoms in total. The van der Waals surface area contributed by atoms with Crippen LogP contribution in [0.3, 0.4) is 0 Å². The topological polar surface area (TPSA) is 68.0 Å². The first-order chi connectivity index (χ1) is 10.2. The van der Waals surface area contributed by atoms with E-state index >= 15 is 0 Å². The quantitative estimate of drug-likeness (QED) is 0.791. The summed E-state index contributed by atoms with van der Waals surface area (Å²) in [5.74, 6) is 0.598. The van der Waals surface area contributed by atoms with Crippen molar-refractivity contribution in [3.8, 4) is 17.8 Å². The average Bonchev–Trinajstić information content (AvgIpc) is 2.52. The highest BCUT2D eigenvalue weighted by molar-refractivity contribution is 7.98. The number of nitriles is 1. The fourth-order valence-corrected chi connectivity index (χ4v) is 2.35. The molecule has 0 saturated carbocycles. The summed E-state index contributed by atoms with van der Waals surface area (Å²) in [6.07, 6.45) is 1.56. The molecule has 2 rings (SSSR count). The lowest BCUT2D eigenvalue weighted by atomic mass is 10.1. The Labute approximate surface area is 125 Å². The monoisotopic (exact) mass is 305 g/mol. The van der Waals surface area contributed by atoms with Crippen molar-refractivity contribution in [2.75, 3.05) is 14.2 Å². The van der Waals surface area contributed by atoms with Gasteiger partial charge in [-0.1, -0.05) is 17.8 Å². The minimum Gasteiger partial charge on any atom is -0.477 e. The first-order valence-electron chi connectivity index (χ1n) is 5.94. The molecule has 0 saturated heterocycles. The summed E-state index contributed by atoms with van der Waals surface area (Å²) in [6, 6.07) is 6.31. The number of rotatable bonds is 5. The Morgan fingerprint density at radius 3 is 2.67 bits per heavy atom. The zero-order valence-electron chi connectivity index (χ0n) is 11.5. The molecule has 21 heavy (non-hydrogen) atoms. The number of thioether (sulfide) groups is 1. The Kier molecular flexibility index (Phi) is 4.95. The van der Waals surface area contributed by atoms with Crippen LogP contribution >= 0.6 is 11.8 Å². The van der Waals surface area contributed by atoms with Crippen molar-refractivity contribution in [3.63, 3.8) is 0 Å². The molecule has 0 N–H and O–H groups in total. The van der Waals surface area contributed by atoms with Gasteiger partial charge in [-0.15, -0.1) is 0 Å². The molecule has 1 aromatic carbocycles. The molecule has 0 aliphatic heterocycles. The van der Waals surface area contributed by atoms with Crippen LogP contribution in [0.4, 0.5) is 4.39 Å². The van der Waals surface area contributed by atoms with E-state index in [4.69, 9.17) is 14.7 Å². The van der Waals surface area contributed by atoms with Gasteiger partial charge in [0, 0.05) is 5.75 Å². The van der Waals surface area contributed by atoms with Crippen LogP contribution < -0.4 is 9.47 Å². The maximum absolute atomic E-state index is 13.5. The Balaban J connectivity index is 2.09. The number of ether oxygens (including phenoxy) is 2. The smallest absolute Gasteiger partial charge is 0.278 e. The second kappa shape index (κ2) is 6.90. The van der Waals surface area contributed by atoms with Gasteiger partial charge in [0.1, 0.15) is 16.9 Å². The van der Waals surface area contributed by atoms with Gasteiger partial charge in [-0.25, -0.2) is 14.4 Å². The first kappa shape index (κ1) is 15.1. The van der Waals surface area contributed by atoms with Crippen LogP contribution in [0.15, 0.2) is 29.4 Å². The predicted octanol–water partition coefficient (Wildman–Crippen LogP) is 2.80. The lowest BCUT2D eigenvalue weighted by Gasteiger charge is -2.07. The van der Waals surface area contributed by atoms with E-state index in [1.165, 1.54) is 38.1 Å². The van der Waals surface area contributed by atoms with E-state index in [0.717, 1.165) is 5.56 Å². The Bertz CT molecular complexity index is 688. The van der Waals surface area contributed by atoms with Crippen molar-refractivity contribution >= 4 is 11.8 Å². The van der Waals surface area contributed by atoms with E-state index in [-0.39, 0.29) is 5.56 Å². The van der Waals surface area contributed by atoms with E-state index in [1.54, 1.807) is 18.3 Å². The molecule has 7 heteroatoms. The fourth-order valence-electron chi connectivity index (χ4n) is 1.58. The summed E-state index contributed by atoms with van der Waals surface area (Å²) in [7, 11) is 2.97. The summed E-state index contributed by atoms with van der Waals surface area (Å²) in [4.78, 5) is 8.32. The third kappa shape index (κ3) is 3.61. The molecular formula is C14H12FN3O2S. The summed E-state index contributed by atoms with van der Waals surface area (Å²) >= 11 is 1.39. The van der Waals surface area contributed by atoms with E-state index in [1.807, 2.05) is 0 Å². The maximum Gasteiger partial charge on any atom is 0.278 e. The van der Waals surface area contributed by atoms with E-state index in [0.29, 0.717) is 22.5 Å². The lowest BCUT2D eigenvalue weighted by molar-refractivity contribution is 0.328. The number of aromatic nitrogens is 2. The van der Waals surface area contributed by atoms with Crippen molar-refractivity contribution in [2.24, 2.45) is 0 Å². The number of methoxy groups -OCH3 is 2. The van der Waals surface area contributed by atoms with Crippen LogP contribution in [0.2, 0.25) is 0 Å². The van der Waals surface area contributed by atoms with Crippen molar-refractivity contribution in [1.82, 2.24) is 9.97 Å². The van der Waals surface area contributed by atoms with Crippen LogP contribution in [0.5, 0.6) is 11.8 Å². The molecule has 0 atom stereocenters. The van der Waals surface area contributed by atoms with Crippen molar-refractivity contribution in [1.29, 1.82) is 5.26 Å². The minimum atomic E-state index is -0.519. The SMILES string of the molecule is COc1ncc(SCc2ccc(C#N)c(F)c2)nc1OC. The van der Waals surface area contributed by atoms with Crippen LogP contribution in [0, 0.1) is 17.1 Å². The average molecular weight is 305 g/mol. The van der Waals surface area contributed by atoms with E-state index in [9.17, 15) is 4.39 Å². The Morgan fingerprint density at radius 2 is 2.05 bits per heavy atom. The van der Waals surface area contributed by atoms with Gasteiger partial charge in [0.2, 0.25) is 0 Å². The maximum atomic E-state index is 13.5. The van der Waals surface area contributed by atoms with Gasteiger partial charge in [-0.05, 0) is 17.7 Å². The van der Waals surface area contributed by atoms with E-state index in [2.05, 4.69) is 9.97 Å². The first-order valence-corrected chi connectivity index (χ1v) is 6.93. The summed E-state index contributed by atoms with van der Waals surface area (Å²) in [5, 5.41) is 9.32. The van der Waals surface area contributed by atoms with Gasteiger partial charge >= 0.3 is 0 Å². The van der Waals surface area contributed by atoms with Gasteiger partial charge in [-0.3, -0.25) is 0 Å². The van der Waals surface area contributed by atoms with Gasteiger partial charge in [0.05, 0.1) is 26.0 Å². The number of halogens is 1. The molecule has 0 unspecified atom stereocenters. The third-order valence-corrected chi connectivity index (χ3v) is 3.58. The van der Waals surface area contributed by atoms with Gasteiger partial charge < -0.3 is 9.47 Å². The van der Waals surface area contributed by atoms with Crippen LogP contribution in [-0.2, 0) is 5.75 Å². The molecule has 0 aliphatic rings. The largest absolute Gasteiger partial charge is 0.477 e. The Morgan fingerprint density at radius 1 is 1.29 bits per heavy atom. The summed E-state index contributed by atoms with van der Waals surface area (Å²) in [6.45, 7) is 0. The summed E-state index contributed by atoms with van der Waals surface area (Å²) in [5.41, 5.74) is 0.794. The fraction of sp³-hybridized carbons (Fsp3) is 0.214. The number of hydrogen-bond acceptors (Lipinski definition) is 6. The highest BCUT2D eigenvalue weighted by Crippen LogP contribution is 2.27. The van der Waals surface area contributed by atoms with Gasteiger partial charge in [0.15, 0.2) is 0 Å². The third-order valence-electron chi connectivity index (χ3n) is 2.61. The van der Waals surface area contributed by atoms with Crippen molar-refractivity contribution in [2.45, 2.75) is 10.8 Å². The summed E-state index contributed by atoms with van der Waals surface area (Å²) < 4.78 is 23.6. The normalized spacial score (nSPS) is 10.0. The number of nitrogens with zero attached hydrogens (tertiary/aromatic N) is 3. The van der Waals surface area contributed by atoms with Crippen molar-refractivity contribution < 1.29 is 13.9 Å². The molecule has 2 aromatic rings. The molecule has 0 radical (unpaired) electrons. The number of hydrogen-bond donors (Lipinski definition) is 0. The second-order valence-electron chi connectivity index (χ2n) is 3.94. The molecule has 108 valence electrons. The molecule has 0 bridgehead atoms. The zero-order valence-corrected chi connectivity index (χ0v) is 12.3. The van der Waals surface area contributed by atoms with Crippen LogP contribution in [-0.4, -0.2) is 24.2 Å². The predicted molar refractivity (Wildman–Crippen MR) is 75.8 cm³/mol. The lowest BCUT2D eigenvalue weighted by Crippen LogP contribution is -1.97. The molecular weight excluding hydrogens is 293 g/mol. The van der Waals surface area contributed by atoms with Crippen LogP contribution in [0.1, 0.15) is 11.1 Å². The molecule has 0 amide bonds. The highest BCUT2D eigenvalue weighted by atomic mass is 32.2. The second-order valence-corrected chi connectivity index (χ2v) is 4.94. The van der Waals surface area contributed by atoms with Gasteiger partial charge in [-0.2, -0.15) is 5.26 Å². The standard InChI is InChI=1S/C14H12FN3O2S/c1-19-13-14(20-2)18-12(7-17-13)21-8-9-3-4-10(6-16)11(15)5-9/h3-5,7H,8H2,1-2H3. The molecule has 0 fully saturated rings. The van der Waals surface area contributed by atoms with Gasteiger partial charge in [0.25, 0.3) is 11.8 Å². The van der Waals surface area contributed by atoms with Crippen molar-refractivity contribution in [3.05, 3.63) is 41.3 Å². The minimum absolute atomic E-state index is 0.0367. The zero-order chi connectivity index (χ0) is 15.2. The molecule has 1 aromatic heterocycles.